The van der Waals surface area contributed by atoms with E-state index in [1.54, 1.807) is 42.5 Å². The Kier molecular flexibility index (Phi) is 3.88. The molecule has 1 aromatic carbocycles. The Hall–Kier alpha value is -3.41. The maximum atomic E-state index is 11.1. The third-order valence-corrected chi connectivity index (χ3v) is 3.10. The molecule has 0 aliphatic heterocycles. The molecule has 114 valence electrons. The number of primary amides is 1. The predicted octanol–water partition coefficient (Wildman–Crippen LogP) is 3.05. The molecule has 2 aromatic heterocycles. The smallest absolute Gasteiger partial charge is 0.267 e. The molecule has 3 aromatic rings. The van der Waals surface area contributed by atoms with E-state index in [9.17, 15) is 9.59 Å². The minimum atomic E-state index is -0.616. The van der Waals surface area contributed by atoms with Crippen molar-refractivity contribution in [3.05, 3.63) is 66.2 Å². The first-order chi connectivity index (χ1) is 11.2. The maximum Gasteiger partial charge on any atom is 0.267 e. The second kappa shape index (κ2) is 6.15. The lowest BCUT2D eigenvalue weighted by Gasteiger charge is -2.06. The maximum absolute atomic E-state index is 11.1. The normalized spacial score (nSPS) is 10.3. The molecule has 2 heterocycles. The quantitative estimate of drug-likeness (QED) is 0.731. The van der Waals surface area contributed by atoms with Gasteiger partial charge in [-0.05, 0) is 42.5 Å². The molecule has 3 rings (SSSR count). The standard InChI is InChI=1S/C17H12N2O4/c18-17(21)15-9-13(7-8-19-15)22-12-3-1-11(2-4-12)16-6-5-14(10-20)23-16/h1-10H,(H2,18,21). The van der Waals surface area contributed by atoms with Gasteiger partial charge in [-0.15, -0.1) is 0 Å². The largest absolute Gasteiger partial charge is 0.457 e. The summed E-state index contributed by atoms with van der Waals surface area (Å²) in [4.78, 5) is 25.6. The number of aromatic nitrogens is 1. The number of pyridine rings is 1. The monoisotopic (exact) mass is 308 g/mol. The van der Waals surface area contributed by atoms with Gasteiger partial charge in [0.2, 0.25) is 0 Å². The predicted molar refractivity (Wildman–Crippen MR) is 82.4 cm³/mol. The van der Waals surface area contributed by atoms with Crippen molar-refractivity contribution < 1.29 is 18.7 Å². The van der Waals surface area contributed by atoms with E-state index < -0.39 is 5.91 Å². The number of hydrogen-bond acceptors (Lipinski definition) is 5. The summed E-state index contributed by atoms with van der Waals surface area (Å²) in [6.07, 6.45) is 2.11. The molecule has 0 saturated carbocycles. The molecule has 2 N–H and O–H groups in total. The number of nitrogens with two attached hydrogens (primary N) is 1. The van der Waals surface area contributed by atoms with Gasteiger partial charge in [0.25, 0.3) is 5.91 Å². The summed E-state index contributed by atoms with van der Waals surface area (Å²) in [6.45, 7) is 0. The van der Waals surface area contributed by atoms with Crippen molar-refractivity contribution in [2.45, 2.75) is 0 Å². The van der Waals surface area contributed by atoms with Gasteiger partial charge >= 0.3 is 0 Å². The lowest BCUT2D eigenvalue weighted by Crippen LogP contribution is -2.12. The first-order valence-electron chi connectivity index (χ1n) is 6.75. The lowest BCUT2D eigenvalue weighted by molar-refractivity contribution is 0.0994. The van der Waals surface area contributed by atoms with Crippen LogP contribution in [0.25, 0.3) is 11.3 Å². The zero-order valence-corrected chi connectivity index (χ0v) is 11.9. The molecule has 0 atom stereocenters. The average molecular weight is 308 g/mol. The summed E-state index contributed by atoms with van der Waals surface area (Å²) in [7, 11) is 0. The molecule has 0 bridgehead atoms. The minimum Gasteiger partial charge on any atom is -0.457 e. The van der Waals surface area contributed by atoms with Gasteiger partial charge in [-0.3, -0.25) is 14.6 Å². The highest BCUT2D eigenvalue weighted by molar-refractivity contribution is 5.91. The summed E-state index contributed by atoms with van der Waals surface area (Å²) in [5.41, 5.74) is 6.13. The van der Waals surface area contributed by atoms with Crippen LogP contribution in [0, 0.1) is 0 Å². The van der Waals surface area contributed by atoms with Crippen molar-refractivity contribution in [2.75, 3.05) is 0 Å². The highest BCUT2D eigenvalue weighted by Crippen LogP contribution is 2.26. The third kappa shape index (κ3) is 3.26. The number of aldehydes is 1. The molecule has 0 fully saturated rings. The van der Waals surface area contributed by atoms with Crippen molar-refractivity contribution in [3.63, 3.8) is 0 Å². The molecule has 0 aliphatic rings. The van der Waals surface area contributed by atoms with E-state index in [1.807, 2.05) is 0 Å². The molecule has 6 nitrogen and oxygen atoms in total. The van der Waals surface area contributed by atoms with E-state index in [1.165, 1.54) is 12.3 Å². The summed E-state index contributed by atoms with van der Waals surface area (Å²) < 4.78 is 11.0. The van der Waals surface area contributed by atoms with Gasteiger partial charge in [0.05, 0.1) is 0 Å². The van der Waals surface area contributed by atoms with Gasteiger partial charge in [-0.2, -0.15) is 0 Å². The Bertz CT molecular complexity index is 853. The van der Waals surface area contributed by atoms with Crippen LogP contribution in [-0.2, 0) is 0 Å². The van der Waals surface area contributed by atoms with Crippen LogP contribution in [0.4, 0.5) is 0 Å². The van der Waals surface area contributed by atoms with Crippen LogP contribution in [0.5, 0.6) is 11.5 Å². The summed E-state index contributed by atoms with van der Waals surface area (Å²) in [5.74, 6) is 1.30. The Labute approximate surface area is 131 Å². The fourth-order valence-electron chi connectivity index (χ4n) is 2.00. The van der Waals surface area contributed by atoms with Gasteiger partial charge in [0.15, 0.2) is 12.0 Å². The fraction of sp³-hybridized carbons (Fsp3) is 0. The minimum absolute atomic E-state index is 0.135. The van der Waals surface area contributed by atoms with E-state index in [0.29, 0.717) is 23.5 Å². The highest BCUT2D eigenvalue weighted by Gasteiger charge is 2.07. The molecule has 0 spiro atoms. The number of ether oxygens (including phenoxy) is 1. The molecule has 0 saturated heterocycles. The Morgan fingerprint density at radius 1 is 1.09 bits per heavy atom. The van der Waals surface area contributed by atoms with E-state index in [2.05, 4.69) is 4.98 Å². The number of carbonyl (C=O) groups excluding carboxylic acids is 2. The summed E-state index contributed by atoms with van der Waals surface area (Å²) >= 11 is 0. The Morgan fingerprint density at radius 2 is 1.87 bits per heavy atom. The van der Waals surface area contributed by atoms with Crippen molar-refractivity contribution in [1.82, 2.24) is 4.98 Å². The van der Waals surface area contributed by atoms with Gasteiger partial charge in [-0.25, -0.2) is 0 Å². The molecule has 0 radical (unpaired) electrons. The van der Waals surface area contributed by atoms with Crippen LogP contribution in [0.1, 0.15) is 21.0 Å². The number of rotatable bonds is 5. The first kappa shape index (κ1) is 14.5. The first-order valence-corrected chi connectivity index (χ1v) is 6.75. The number of furan rings is 1. The SMILES string of the molecule is NC(=O)c1cc(Oc2ccc(-c3ccc(C=O)o3)cc2)ccn1. The van der Waals surface area contributed by atoms with Crippen LogP contribution in [0.3, 0.4) is 0 Å². The molecule has 0 unspecified atom stereocenters. The highest BCUT2D eigenvalue weighted by atomic mass is 16.5. The van der Waals surface area contributed by atoms with Gasteiger partial charge in [-0.1, -0.05) is 0 Å². The molecular weight excluding hydrogens is 296 g/mol. The van der Waals surface area contributed by atoms with E-state index >= 15 is 0 Å². The number of amides is 1. The average Bonchev–Trinajstić information content (AvgIpc) is 3.05. The summed E-state index contributed by atoms with van der Waals surface area (Å²) in [6, 6.07) is 13.5. The Morgan fingerprint density at radius 3 is 2.52 bits per heavy atom. The van der Waals surface area contributed by atoms with Crippen LogP contribution >= 0.6 is 0 Å². The second-order valence-electron chi connectivity index (χ2n) is 4.69. The van der Waals surface area contributed by atoms with Gasteiger partial charge in [0.1, 0.15) is 23.0 Å². The fourth-order valence-corrected chi connectivity index (χ4v) is 2.00. The van der Waals surface area contributed by atoms with Crippen LogP contribution in [-0.4, -0.2) is 17.2 Å². The molecule has 6 heteroatoms. The second-order valence-corrected chi connectivity index (χ2v) is 4.69. The zero-order chi connectivity index (χ0) is 16.2. The molecule has 0 aliphatic carbocycles. The molecule has 1 amide bonds. The number of carbonyl (C=O) groups is 2. The number of hydrogen-bond donors (Lipinski definition) is 1. The van der Waals surface area contributed by atoms with E-state index in [4.69, 9.17) is 14.9 Å². The van der Waals surface area contributed by atoms with Crippen molar-refractivity contribution in [2.24, 2.45) is 5.73 Å². The topological polar surface area (TPSA) is 95.4 Å². The molecular formula is C17H12N2O4. The van der Waals surface area contributed by atoms with E-state index in [-0.39, 0.29) is 11.5 Å². The zero-order valence-electron chi connectivity index (χ0n) is 11.9. The molecule has 23 heavy (non-hydrogen) atoms. The van der Waals surface area contributed by atoms with Gasteiger partial charge < -0.3 is 14.9 Å². The van der Waals surface area contributed by atoms with Crippen molar-refractivity contribution in [1.29, 1.82) is 0 Å². The summed E-state index contributed by atoms with van der Waals surface area (Å²) in [5, 5.41) is 0. The number of nitrogens with zero attached hydrogens (tertiary/aromatic N) is 1. The van der Waals surface area contributed by atoms with E-state index in [0.717, 1.165) is 5.56 Å². The lowest BCUT2D eigenvalue weighted by atomic mass is 10.2. The van der Waals surface area contributed by atoms with Crippen LogP contribution in [0.15, 0.2) is 59.1 Å². The van der Waals surface area contributed by atoms with Crippen molar-refractivity contribution in [3.8, 4) is 22.8 Å². The van der Waals surface area contributed by atoms with Crippen LogP contribution < -0.4 is 10.5 Å². The van der Waals surface area contributed by atoms with Gasteiger partial charge in [0, 0.05) is 17.8 Å². The van der Waals surface area contributed by atoms with Crippen LogP contribution in [0.2, 0.25) is 0 Å². The Balaban J connectivity index is 1.78. The van der Waals surface area contributed by atoms with Crippen molar-refractivity contribution >= 4 is 12.2 Å². The number of benzene rings is 1. The third-order valence-electron chi connectivity index (χ3n) is 3.10.